The number of ether oxygens (including phenoxy) is 2. The Bertz CT molecular complexity index is 1620. The zero-order chi connectivity index (χ0) is 35.9. The van der Waals surface area contributed by atoms with E-state index >= 15 is 0 Å². The van der Waals surface area contributed by atoms with Crippen LogP contribution in [0.5, 0.6) is 5.75 Å². The normalized spacial score (nSPS) is 29.0. The average molecular weight is 694 g/mol. The van der Waals surface area contributed by atoms with Crippen molar-refractivity contribution in [3.05, 3.63) is 65.2 Å². The van der Waals surface area contributed by atoms with Crippen LogP contribution < -0.4 is 15.4 Å². The highest BCUT2D eigenvalue weighted by Gasteiger charge is 2.69. The van der Waals surface area contributed by atoms with E-state index in [2.05, 4.69) is 10.6 Å². The number of carbonyl (C=O) groups excluding carboxylic acids is 5. The molecule has 7 unspecified atom stereocenters. The van der Waals surface area contributed by atoms with Gasteiger partial charge in [-0.3, -0.25) is 28.9 Å². The fourth-order valence-corrected chi connectivity index (χ4v) is 7.90. The topological polar surface area (TPSA) is 131 Å². The van der Waals surface area contributed by atoms with Crippen molar-refractivity contribution in [2.24, 2.45) is 11.3 Å². The highest BCUT2D eigenvalue weighted by atomic mass is 35.5. The number of likely N-dealkylation sites (tertiary alicyclic amines) is 1. The zero-order valence-electron chi connectivity index (χ0n) is 29.4. The van der Waals surface area contributed by atoms with Gasteiger partial charge in [-0.25, -0.2) is 0 Å². The van der Waals surface area contributed by atoms with E-state index in [0.717, 1.165) is 21.6 Å². The second kappa shape index (κ2) is 13.9. The predicted octanol–water partition coefficient (Wildman–Crippen LogP) is 4.59. The van der Waals surface area contributed by atoms with E-state index in [1.54, 1.807) is 27.7 Å². The van der Waals surface area contributed by atoms with Gasteiger partial charge in [0.05, 0.1) is 16.8 Å². The number of hydrogen-bond acceptors (Lipinski definition) is 7. The third kappa shape index (κ3) is 6.61. The van der Waals surface area contributed by atoms with Gasteiger partial charge in [0, 0.05) is 18.1 Å². The van der Waals surface area contributed by atoms with Crippen molar-refractivity contribution in [2.45, 2.75) is 115 Å². The maximum Gasteiger partial charge on any atom is 0.267 e. The fourth-order valence-electron chi connectivity index (χ4n) is 7.64. The van der Waals surface area contributed by atoms with Crippen molar-refractivity contribution in [1.82, 2.24) is 15.5 Å². The lowest BCUT2D eigenvalue weighted by Crippen LogP contribution is -2.85. The van der Waals surface area contributed by atoms with Gasteiger partial charge in [-0.2, -0.15) is 0 Å². The summed E-state index contributed by atoms with van der Waals surface area (Å²) in [5.74, 6) is -3.28. The molecule has 1 saturated carbocycles. The minimum absolute atomic E-state index is 0.167. The summed E-state index contributed by atoms with van der Waals surface area (Å²) in [6.07, 6.45) is 0.631. The molecule has 3 fully saturated rings. The molecule has 49 heavy (non-hydrogen) atoms. The Labute approximate surface area is 293 Å². The first-order valence-corrected chi connectivity index (χ1v) is 17.6. The molecule has 264 valence electrons. The van der Waals surface area contributed by atoms with Crippen molar-refractivity contribution >= 4 is 41.0 Å². The molecule has 0 aromatic heterocycles. The third-order valence-corrected chi connectivity index (χ3v) is 10.8. The molecule has 1 spiro atoms. The first kappa shape index (κ1) is 36.5. The second-order valence-electron chi connectivity index (χ2n) is 14.7. The van der Waals surface area contributed by atoms with Gasteiger partial charge in [0.15, 0.2) is 11.8 Å². The molecule has 2 saturated heterocycles. The summed E-state index contributed by atoms with van der Waals surface area (Å²) in [5.41, 5.74) is -0.327. The highest BCUT2D eigenvalue weighted by molar-refractivity contribution is 6.22. The number of carbonyl (C=O) groups is 5. The molecule has 7 atom stereocenters. The molecule has 11 heteroatoms. The number of amides is 4. The van der Waals surface area contributed by atoms with E-state index in [1.807, 2.05) is 69.3 Å². The minimum atomic E-state index is -1.73. The number of imide groups is 1. The Morgan fingerprint density at radius 2 is 1.76 bits per heavy atom. The molecule has 10 nitrogen and oxygen atoms in total. The number of nitrogens with zero attached hydrogens (tertiary/aromatic N) is 1. The zero-order valence-corrected chi connectivity index (χ0v) is 30.2. The van der Waals surface area contributed by atoms with Crippen LogP contribution in [0.25, 0.3) is 0 Å². The summed E-state index contributed by atoms with van der Waals surface area (Å²) in [5, 5.41) is 5.50. The summed E-state index contributed by atoms with van der Waals surface area (Å²) in [7, 11) is 0. The summed E-state index contributed by atoms with van der Waals surface area (Å²) in [6, 6.07) is 12.6. The molecule has 4 amide bonds. The Balaban J connectivity index is 1.44. The Morgan fingerprint density at radius 3 is 2.35 bits per heavy atom. The van der Waals surface area contributed by atoms with Crippen LogP contribution >= 0.6 is 11.6 Å². The first-order valence-electron chi connectivity index (χ1n) is 17.2. The molecular weight excluding hydrogens is 646 g/mol. The number of nitrogens with one attached hydrogen (secondary N) is 2. The molecule has 2 aromatic rings. The number of hydrogen-bond donors (Lipinski definition) is 2. The van der Waals surface area contributed by atoms with Crippen LogP contribution in [-0.2, 0) is 35.1 Å². The van der Waals surface area contributed by atoms with Crippen LogP contribution in [0.1, 0.15) is 77.0 Å². The van der Waals surface area contributed by atoms with E-state index < -0.39 is 69.5 Å². The van der Waals surface area contributed by atoms with Crippen LogP contribution in [0.15, 0.2) is 48.5 Å². The predicted molar refractivity (Wildman–Crippen MR) is 185 cm³/mol. The standard InChI is InChI=1S/C38H48ClN3O7/c1-8-38(49-28-16-15-22(3)19-23(28)4)35(47)41-37(38)18-17-26(39)27(21-37)40-32(44)29(31(43)36(5,6)7)42-33(45)25(30(34(42)46)48-9-2)20-24-13-11-10-12-14-24/h10-16,19,25-27,29-30H,8-9,17-18,20-21H2,1-7H3,(H,40,44)(H,41,47). The molecule has 2 aromatic carbocycles. The second-order valence-corrected chi connectivity index (χ2v) is 15.3. The lowest BCUT2D eigenvalue weighted by Gasteiger charge is -2.60. The Hall–Kier alpha value is -3.76. The number of aryl methyl sites for hydroxylation is 2. The maximum atomic E-state index is 14.3. The van der Waals surface area contributed by atoms with E-state index in [1.165, 1.54) is 0 Å². The van der Waals surface area contributed by atoms with Crippen LogP contribution in [0, 0.1) is 25.2 Å². The quantitative estimate of drug-likeness (QED) is 0.152. The van der Waals surface area contributed by atoms with E-state index in [4.69, 9.17) is 21.1 Å². The van der Waals surface area contributed by atoms with Crippen molar-refractivity contribution in [3.63, 3.8) is 0 Å². The number of rotatable bonds is 11. The van der Waals surface area contributed by atoms with Crippen molar-refractivity contribution in [3.8, 4) is 5.75 Å². The lowest BCUT2D eigenvalue weighted by atomic mass is 9.61. The monoisotopic (exact) mass is 693 g/mol. The van der Waals surface area contributed by atoms with Crippen LogP contribution in [0.2, 0.25) is 0 Å². The first-order chi connectivity index (χ1) is 23.1. The Morgan fingerprint density at radius 1 is 1.06 bits per heavy atom. The molecule has 0 bridgehead atoms. The van der Waals surface area contributed by atoms with Gasteiger partial charge in [-0.05, 0) is 70.1 Å². The smallest absolute Gasteiger partial charge is 0.267 e. The summed E-state index contributed by atoms with van der Waals surface area (Å²) < 4.78 is 12.4. The van der Waals surface area contributed by atoms with Crippen molar-refractivity contribution < 1.29 is 33.4 Å². The molecular formula is C38H48ClN3O7. The SMILES string of the molecule is CCOC1C(=O)N(C(C(=O)NC2CC3(CCC2Cl)NC(=O)C3(CC)Oc2ccc(C)cc2C)C(=O)C(C)(C)C)C(=O)C1Cc1ccccc1. The molecule has 5 rings (SSSR count). The molecule has 2 aliphatic heterocycles. The van der Waals surface area contributed by atoms with E-state index in [0.29, 0.717) is 25.0 Å². The number of ketones is 1. The van der Waals surface area contributed by atoms with Crippen LogP contribution in [-0.4, -0.2) is 75.6 Å². The largest absolute Gasteiger partial charge is 0.475 e. The molecule has 3 aliphatic rings. The molecule has 0 radical (unpaired) electrons. The summed E-state index contributed by atoms with van der Waals surface area (Å²) in [6.45, 7) is 12.6. The Kier molecular flexibility index (Phi) is 10.3. The van der Waals surface area contributed by atoms with E-state index in [9.17, 15) is 24.0 Å². The van der Waals surface area contributed by atoms with Gasteiger partial charge in [-0.15, -0.1) is 11.6 Å². The number of β-lactam (4-membered cyclic amide) rings is 1. The number of halogens is 1. The molecule has 2 N–H and O–H groups in total. The van der Waals surface area contributed by atoms with Crippen LogP contribution in [0.4, 0.5) is 0 Å². The maximum absolute atomic E-state index is 14.3. The number of Topliss-reactive ketones (excluding diaryl/α,β-unsaturated/α-hetero) is 1. The third-order valence-electron chi connectivity index (χ3n) is 10.3. The summed E-state index contributed by atoms with van der Waals surface area (Å²) in [4.78, 5) is 70.5. The highest BCUT2D eigenvalue weighted by Crippen LogP contribution is 2.49. The lowest BCUT2D eigenvalue weighted by molar-refractivity contribution is -0.176. The van der Waals surface area contributed by atoms with Gasteiger partial charge in [0.2, 0.25) is 11.5 Å². The molecule has 1 aliphatic carbocycles. The van der Waals surface area contributed by atoms with Gasteiger partial charge in [-0.1, -0.05) is 75.7 Å². The van der Waals surface area contributed by atoms with Gasteiger partial charge in [0.1, 0.15) is 11.9 Å². The average Bonchev–Trinajstić information content (AvgIpc) is 3.26. The van der Waals surface area contributed by atoms with Gasteiger partial charge >= 0.3 is 0 Å². The van der Waals surface area contributed by atoms with Crippen molar-refractivity contribution in [1.29, 1.82) is 0 Å². The number of benzene rings is 2. The van der Waals surface area contributed by atoms with Crippen molar-refractivity contribution in [2.75, 3.05) is 6.61 Å². The van der Waals surface area contributed by atoms with Gasteiger partial charge < -0.3 is 20.1 Å². The van der Waals surface area contributed by atoms with E-state index in [-0.39, 0.29) is 25.4 Å². The minimum Gasteiger partial charge on any atom is -0.475 e. The number of alkyl halides is 1. The van der Waals surface area contributed by atoms with Crippen LogP contribution in [0.3, 0.4) is 0 Å². The molecule has 2 heterocycles. The summed E-state index contributed by atoms with van der Waals surface area (Å²) >= 11 is 6.86. The van der Waals surface area contributed by atoms with Gasteiger partial charge in [0.25, 0.3) is 17.7 Å². The fraction of sp³-hybridized carbons (Fsp3) is 0.553.